The molecule has 2 rings (SSSR count). The number of hydrogen-bond donors (Lipinski definition) is 1. The van der Waals surface area contributed by atoms with Gasteiger partial charge in [0.25, 0.3) is 0 Å². The van der Waals surface area contributed by atoms with Gasteiger partial charge in [-0.15, -0.1) is 0 Å². The minimum atomic E-state index is -0.383. The first-order chi connectivity index (χ1) is 9.76. The highest BCUT2D eigenvalue weighted by atomic mass is 16.5. The Morgan fingerprint density at radius 3 is 2.65 bits per heavy atom. The minimum absolute atomic E-state index is 0.383. The average molecular weight is 272 g/mol. The standard InChI is InChI=1S/C15H16N2O3/c1-19-15(18)13-6-8-17-10-14(13)11-2-4-12(5-3-11)20-9-7-16/h2-6,8,10H,7,9,16H2,1H3. The van der Waals surface area contributed by atoms with Crippen LogP contribution in [0.15, 0.2) is 42.7 Å². The van der Waals surface area contributed by atoms with Crippen molar-refractivity contribution in [2.75, 3.05) is 20.3 Å². The van der Waals surface area contributed by atoms with Crippen molar-refractivity contribution in [1.82, 2.24) is 4.98 Å². The first kappa shape index (κ1) is 14.0. The number of aromatic nitrogens is 1. The molecule has 0 fully saturated rings. The molecule has 104 valence electrons. The van der Waals surface area contributed by atoms with Crippen LogP contribution in [0.1, 0.15) is 10.4 Å². The molecule has 0 spiro atoms. The smallest absolute Gasteiger partial charge is 0.338 e. The van der Waals surface area contributed by atoms with Gasteiger partial charge in [0.05, 0.1) is 12.7 Å². The van der Waals surface area contributed by atoms with E-state index >= 15 is 0 Å². The van der Waals surface area contributed by atoms with E-state index in [0.29, 0.717) is 18.7 Å². The number of carbonyl (C=O) groups is 1. The Morgan fingerprint density at radius 1 is 1.25 bits per heavy atom. The van der Waals surface area contributed by atoms with E-state index in [0.717, 1.165) is 16.9 Å². The predicted octanol–water partition coefficient (Wildman–Crippen LogP) is 1.87. The Morgan fingerprint density at radius 2 is 2.00 bits per heavy atom. The third-order valence-electron chi connectivity index (χ3n) is 2.78. The highest BCUT2D eigenvalue weighted by Crippen LogP contribution is 2.25. The summed E-state index contributed by atoms with van der Waals surface area (Å²) in [6.45, 7) is 0.941. The van der Waals surface area contributed by atoms with E-state index in [2.05, 4.69) is 4.98 Å². The molecule has 0 saturated carbocycles. The topological polar surface area (TPSA) is 74.4 Å². The maximum absolute atomic E-state index is 11.7. The molecule has 0 amide bonds. The molecule has 0 aliphatic heterocycles. The number of benzene rings is 1. The molecule has 1 aromatic carbocycles. The van der Waals surface area contributed by atoms with E-state index in [9.17, 15) is 4.79 Å². The molecule has 0 bridgehead atoms. The molecule has 0 saturated heterocycles. The van der Waals surface area contributed by atoms with Crippen LogP contribution in [0.3, 0.4) is 0 Å². The zero-order valence-electron chi connectivity index (χ0n) is 11.2. The van der Waals surface area contributed by atoms with Crippen molar-refractivity contribution in [3.05, 3.63) is 48.3 Å². The van der Waals surface area contributed by atoms with E-state index in [-0.39, 0.29) is 5.97 Å². The number of nitrogens with zero attached hydrogens (tertiary/aromatic N) is 1. The third kappa shape index (κ3) is 3.13. The first-order valence-electron chi connectivity index (χ1n) is 6.22. The van der Waals surface area contributed by atoms with Crippen LogP contribution < -0.4 is 10.5 Å². The van der Waals surface area contributed by atoms with Crippen LogP contribution in [0, 0.1) is 0 Å². The molecule has 20 heavy (non-hydrogen) atoms. The van der Waals surface area contributed by atoms with Gasteiger partial charge in [-0.25, -0.2) is 4.79 Å². The quantitative estimate of drug-likeness (QED) is 0.841. The van der Waals surface area contributed by atoms with Gasteiger partial charge in [-0.05, 0) is 23.8 Å². The first-order valence-corrected chi connectivity index (χ1v) is 6.22. The highest BCUT2D eigenvalue weighted by Gasteiger charge is 2.12. The zero-order chi connectivity index (χ0) is 14.4. The monoisotopic (exact) mass is 272 g/mol. The number of ether oxygens (including phenoxy) is 2. The summed E-state index contributed by atoms with van der Waals surface area (Å²) in [6.07, 6.45) is 3.20. The van der Waals surface area contributed by atoms with Crippen molar-refractivity contribution >= 4 is 5.97 Å². The van der Waals surface area contributed by atoms with Gasteiger partial charge in [-0.1, -0.05) is 12.1 Å². The molecular formula is C15H16N2O3. The van der Waals surface area contributed by atoms with E-state index < -0.39 is 0 Å². The molecular weight excluding hydrogens is 256 g/mol. The van der Waals surface area contributed by atoms with Crippen LogP contribution in [0.2, 0.25) is 0 Å². The van der Waals surface area contributed by atoms with Gasteiger partial charge in [0.15, 0.2) is 0 Å². The van der Waals surface area contributed by atoms with Crippen molar-refractivity contribution in [1.29, 1.82) is 0 Å². The van der Waals surface area contributed by atoms with Crippen molar-refractivity contribution in [3.63, 3.8) is 0 Å². The van der Waals surface area contributed by atoms with Gasteiger partial charge < -0.3 is 15.2 Å². The fourth-order valence-electron chi connectivity index (χ4n) is 1.82. The van der Waals surface area contributed by atoms with E-state index in [1.807, 2.05) is 24.3 Å². The van der Waals surface area contributed by atoms with Gasteiger partial charge in [-0.3, -0.25) is 4.98 Å². The molecule has 2 N–H and O–H groups in total. The van der Waals surface area contributed by atoms with Crippen molar-refractivity contribution in [2.45, 2.75) is 0 Å². The Kier molecular flexibility index (Phi) is 4.68. The lowest BCUT2D eigenvalue weighted by atomic mass is 10.0. The molecule has 0 radical (unpaired) electrons. The lowest BCUT2D eigenvalue weighted by molar-refractivity contribution is 0.0601. The summed E-state index contributed by atoms with van der Waals surface area (Å²) in [7, 11) is 1.36. The Bertz CT molecular complexity index is 582. The summed E-state index contributed by atoms with van der Waals surface area (Å²) in [4.78, 5) is 15.8. The summed E-state index contributed by atoms with van der Waals surface area (Å²) in [5, 5.41) is 0. The molecule has 0 unspecified atom stereocenters. The van der Waals surface area contributed by atoms with Gasteiger partial charge in [0.1, 0.15) is 12.4 Å². The number of carbonyl (C=O) groups excluding carboxylic acids is 1. The number of hydrogen-bond acceptors (Lipinski definition) is 5. The van der Waals surface area contributed by atoms with Crippen LogP contribution in [-0.2, 0) is 4.74 Å². The molecule has 5 heteroatoms. The van der Waals surface area contributed by atoms with Gasteiger partial charge in [0.2, 0.25) is 0 Å². The van der Waals surface area contributed by atoms with Crippen LogP contribution >= 0.6 is 0 Å². The minimum Gasteiger partial charge on any atom is -0.492 e. The molecule has 5 nitrogen and oxygen atoms in total. The second-order valence-electron chi connectivity index (χ2n) is 4.07. The van der Waals surface area contributed by atoms with Crippen molar-refractivity contribution in [3.8, 4) is 16.9 Å². The largest absolute Gasteiger partial charge is 0.492 e. The van der Waals surface area contributed by atoms with E-state index in [4.69, 9.17) is 15.2 Å². The summed E-state index contributed by atoms with van der Waals surface area (Å²) < 4.78 is 10.2. The molecule has 1 aromatic heterocycles. The zero-order valence-corrected chi connectivity index (χ0v) is 11.2. The molecule has 0 aliphatic carbocycles. The Balaban J connectivity index is 2.30. The fourth-order valence-corrected chi connectivity index (χ4v) is 1.82. The summed E-state index contributed by atoms with van der Waals surface area (Å²) in [5.41, 5.74) is 7.47. The lowest BCUT2D eigenvalue weighted by Gasteiger charge is -2.09. The second kappa shape index (κ2) is 6.68. The summed E-state index contributed by atoms with van der Waals surface area (Å²) >= 11 is 0. The fraction of sp³-hybridized carbons (Fsp3) is 0.200. The summed E-state index contributed by atoms with van der Waals surface area (Å²) in [5.74, 6) is 0.355. The Labute approximate surface area is 117 Å². The predicted molar refractivity (Wildman–Crippen MR) is 75.6 cm³/mol. The molecule has 0 aliphatic rings. The number of rotatable bonds is 5. The normalized spacial score (nSPS) is 10.1. The number of pyridine rings is 1. The number of nitrogens with two attached hydrogens (primary N) is 1. The lowest BCUT2D eigenvalue weighted by Crippen LogP contribution is -2.10. The summed E-state index contributed by atoms with van der Waals surface area (Å²) in [6, 6.07) is 9.04. The molecule has 0 atom stereocenters. The van der Waals surface area contributed by atoms with Crippen LogP contribution in [0.25, 0.3) is 11.1 Å². The van der Waals surface area contributed by atoms with Crippen LogP contribution in [-0.4, -0.2) is 31.2 Å². The SMILES string of the molecule is COC(=O)c1ccncc1-c1ccc(OCCN)cc1. The van der Waals surface area contributed by atoms with Crippen LogP contribution in [0.4, 0.5) is 0 Å². The molecule has 2 aromatic rings. The highest BCUT2D eigenvalue weighted by molar-refractivity contribution is 5.96. The van der Waals surface area contributed by atoms with Gasteiger partial charge in [0, 0.05) is 24.5 Å². The van der Waals surface area contributed by atoms with Gasteiger partial charge in [-0.2, -0.15) is 0 Å². The third-order valence-corrected chi connectivity index (χ3v) is 2.78. The number of esters is 1. The van der Waals surface area contributed by atoms with E-state index in [1.165, 1.54) is 7.11 Å². The van der Waals surface area contributed by atoms with Crippen molar-refractivity contribution in [2.24, 2.45) is 5.73 Å². The van der Waals surface area contributed by atoms with Gasteiger partial charge >= 0.3 is 5.97 Å². The number of methoxy groups -OCH3 is 1. The average Bonchev–Trinajstić information content (AvgIpc) is 2.52. The molecule has 1 heterocycles. The second-order valence-corrected chi connectivity index (χ2v) is 4.07. The van der Waals surface area contributed by atoms with E-state index in [1.54, 1.807) is 18.5 Å². The maximum atomic E-state index is 11.7. The maximum Gasteiger partial charge on any atom is 0.338 e. The van der Waals surface area contributed by atoms with Crippen molar-refractivity contribution < 1.29 is 14.3 Å². The Hall–Kier alpha value is -2.40. The van der Waals surface area contributed by atoms with Crippen LogP contribution in [0.5, 0.6) is 5.75 Å².